The molecule has 0 aliphatic carbocycles. The Balaban J connectivity index is 1.44. The number of rotatable bonds is 4. The van der Waals surface area contributed by atoms with Gasteiger partial charge in [-0.2, -0.15) is 0 Å². The van der Waals surface area contributed by atoms with Crippen LogP contribution in [0, 0.1) is 10.1 Å². The van der Waals surface area contributed by atoms with E-state index in [2.05, 4.69) is 15.9 Å². The molecule has 1 fully saturated rings. The molecule has 9 heteroatoms. The lowest BCUT2D eigenvalue weighted by Crippen LogP contribution is -2.48. The lowest BCUT2D eigenvalue weighted by Gasteiger charge is -2.35. The van der Waals surface area contributed by atoms with Gasteiger partial charge in [0.15, 0.2) is 5.76 Å². The van der Waals surface area contributed by atoms with Gasteiger partial charge in [-0.25, -0.2) is 0 Å². The van der Waals surface area contributed by atoms with Crippen molar-refractivity contribution < 1.29 is 14.1 Å². The molecule has 30 heavy (non-hydrogen) atoms. The number of carbonyl (C=O) groups is 1. The van der Waals surface area contributed by atoms with Crippen LogP contribution in [0.5, 0.6) is 0 Å². The minimum absolute atomic E-state index is 0.0348. The zero-order valence-corrected chi connectivity index (χ0v) is 18.1. The Labute approximate surface area is 186 Å². The van der Waals surface area contributed by atoms with Gasteiger partial charge >= 0.3 is 0 Å². The number of carbonyl (C=O) groups excluding carboxylic acids is 1. The highest BCUT2D eigenvalue weighted by Gasteiger charge is 2.27. The third-order valence-electron chi connectivity index (χ3n) is 4.99. The second-order valence-electron chi connectivity index (χ2n) is 6.84. The van der Waals surface area contributed by atoms with E-state index in [1.165, 1.54) is 6.07 Å². The van der Waals surface area contributed by atoms with Crippen molar-refractivity contribution in [1.29, 1.82) is 0 Å². The Morgan fingerprint density at radius 1 is 1.03 bits per heavy atom. The molecule has 0 unspecified atom stereocenters. The first kappa shape index (κ1) is 20.4. The van der Waals surface area contributed by atoms with Crippen molar-refractivity contribution in [3.63, 3.8) is 0 Å². The summed E-state index contributed by atoms with van der Waals surface area (Å²) in [5.74, 6) is 0.712. The van der Waals surface area contributed by atoms with E-state index in [-0.39, 0.29) is 17.4 Å². The lowest BCUT2D eigenvalue weighted by atomic mass is 10.2. The van der Waals surface area contributed by atoms with Crippen molar-refractivity contribution in [2.45, 2.75) is 0 Å². The molecule has 2 heterocycles. The Morgan fingerprint density at radius 3 is 2.40 bits per heavy atom. The Bertz CT molecular complexity index is 1090. The highest BCUT2D eigenvalue weighted by Crippen LogP contribution is 2.32. The van der Waals surface area contributed by atoms with Crippen LogP contribution in [0.3, 0.4) is 0 Å². The molecule has 154 valence electrons. The molecule has 0 atom stereocenters. The van der Waals surface area contributed by atoms with Gasteiger partial charge in [0, 0.05) is 47.3 Å². The van der Waals surface area contributed by atoms with E-state index < -0.39 is 4.92 Å². The van der Waals surface area contributed by atoms with Gasteiger partial charge in [0.1, 0.15) is 11.4 Å². The average Bonchev–Trinajstić information content (AvgIpc) is 3.24. The van der Waals surface area contributed by atoms with Crippen molar-refractivity contribution in [2.75, 3.05) is 31.1 Å². The zero-order chi connectivity index (χ0) is 21.3. The maximum Gasteiger partial charge on any atom is 0.294 e. The molecule has 4 rings (SSSR count). The number of anilines is 1. The fourth-order valence-corrected chi connectivity index (χ4v) is 3.87. The molecular weight excluding hydrogens is 474 g/mol. The Hall–Kier alpha value is -2.84. The fourth-order valence-electron chi connectivity index (χ4n) is 3.44. The highest BCUT2D eigenvalue weighted by atomic mass is 79.9. The summed E-state index contributed by atoms with van der Waals surface area (Å²) in [5.41, 5.74) is 1.36. The predicted octanol–water partition coefficient (Wildman–Crippen LogP) is 5.23. The third kappa shape index (κ3) is 4.20. The van der Waals surface area contributed by atoms with Crippen molar-refractivity contribution in [1.82, 2.24) is 4.90 Å². The molecule has 0 N–H and O–H groups in total. The quantitative estimate of drug-likeness (QED) is 0.369. The summed E-state index contributed by atoms with van der Waals surface area (Å²) in [5, 5.41) is 11.7. The predicted molar refractivity (Wildman–Crippen MR) is 118 cm³/mol. The molecule has 1 aliphatic rings. The van der Waals surface area contributed by atoms with E-state index in [9.17, 15) is 14.9 Å². The van der Waals surface area contributed by atoms with Crippen molar-refractivity contribution >= 4 is 44.8 Å². The van der Waals surface area contributed by atoms with Gasteiger partial charge in [0.05, 0.1) is 4.92 Å². The molecule has 0 radical (unpaired) electrons. The van der Waals surface area contributed by atoms with Gasteiger partial charge < -0.3 is 14.2 Å². The number of piperazine rings is 1. The number of hydrogen-bond acceptors (Lipinski definition) is 5. The monoisotopic (exact) mass is 489 g/mol. The standard InChI is InChI=1S/C21H17BrClN3O4/c22-15-3-1-14(2-4-15)19-7-8-20(30-19)21(27)25-11-9-24(10-12-25)17-6-5-16(23)13-18(17)26(28)29/h1-8,13H,9-12H2. The minimum atomic E-state index is -0.439. The number of hydrogen-bond donors (Lipinski definition) is 0. The summed E-state index contributed by atoms with van der Waals surface area (Å²) in [4.78, 5) is 27.3. The van der Waals surface area contributed by atoms with Crippen LogP contribution in [-0.2, 0) is 0 Å². The van der Waals surface area contributed by atoms with Crippen LogP contribution in [0.15, 0.2) is 63.5 Å². The highest BCUT2D eigenvalue weighted by molar-refractivity contribution is 9.10. The topological polar surface area (TPSA) is 79.8 Å². The smallest absolute Gasteiger partial charge is 0.294 e. The second-order valence-corrected chi connectivity index (χ2v) is 8.19. The number of nitro benzene ring substituents is 1. The Kier molecular flexibility index (Phi) is 5.78. The van der Waals surface area contributed by atoms with E-state index in [1.54, 1.807) is 29.2 Å². The molecule has 7 nitrogen and oxygen atoms in total. The van der Waals surface area contributed by atoms with E-state index in [1.807, 2.05) is 29.2 Å². The van der Waals surface area contributed by atoms with Crippen molar-refractivity contribution in [3.8, 4) is 11.3 Å². The number of amides is 1. The van der Waals surface area contributed by atoms with Crippen LogP contribution in [0.1, 0.15) is 10.6 Å². The molecule has 3 aromatic rings. The number of furan rings is 1. The van der Waals surface area contributed by atoms with Crippen LogP contribution < -0.4 is 4.90 Å². The minimum Gasteiger partial charge on any atom is -0.451 e. The van der Waals surface area contributed by atoms with Crippen LogP contribution >= 0.6 is 27.5 Å². The normalized spacial score (nSPS) is 14.1. The van der Waals surface area contributed by atoms with Crippen LogP contribution in [0.25, 0.3) is 11.3 Å². The average molecular weight is 491 g/mol. The molecule has 2 aromatic carbocycles. The van der Waals surface area contributed by atoms with Gasteiger partial charge in [-0.3, -0.25) is 14.9 Å². The number of halogens is 2. The van der Waals surface area contributed by atoms with E-state index in [0.29, 0.717) is 42.6 Å². The van der Waals surface area contributed by atoms with Gasteiger partial charge in [0.25, 0.3) is 11.6 Å². The van der Waals surface area contributed by atoms with Gasteiger partial charge in [-0.1, -0.05) is 39.7 Å². The Morgan fingerprint density at radius 2 is 1.73 bits per heavy atom. The molecule has 1 aromatic heterocycles. The molecule has 0 bridgehead atoms. The van der Waals surface area contributed by atoms with Gasteiger partial charge in [0.2, 0.25) is 0 Å². The SMILES string of the molecule is O=C(c1ccc(-c2ccc(Br)cc2)o1)N1CCN(c2ccc(Cl)cc2[N+](=O)[O-])CC1. The van der Waals surface area contributed by atoms with E-state index >= 15 is 0 Å². The summed E-state index contributed by atoms with van der Waals surface area (Å²) < 4.78 is 6.74. The third-order valence-corrected chi connectivity index (χ3v) is 5.75. The molecule has 0 spiro atoms. The number of benzene rings is 2. The fraction of sp³-hybridized carbons (Fsp3) is 0.190. The maximum absolute atomic E-state index is 12.8. The summed E-state index contributed by atoms with van der Waals surface area (Å²) in [6, 6.07) is 15.7. The zero-order valence-electron chi connectivity index (χ0n) is 15.8. The molecule has 0 saturated carbocycles. The van der Waals surface area contributed by atoms with E-state index in [4.69, 9.17) is 16.0 Å². The number of nitrogens with zero attached hydrogens (tertiary/aromatic N) is 3. The van der Waals surface area contributed by atoms with Crippen LogP contribution in [-0.4, -0.2) is 41.9 Å². The first-order valence-corrected chi connectivity index (χ1v) is 10.4. The largest absolute Gasteiger partial charge is 0.451 e. The molecule has 1 amide bonds. The lowest BCUT2D eigenvalue weighted by molar-refractivity contribution is -0.384. The molecular formula is C21H17BrClN3O4. The molecule has 1 saturated heterocycles. The number of nitro groups is 1. The van der Waals surface area contributed by atoms with Gasteiger partial charge in [-0.05, 0) is 36.4 Å². The summed E-state index contributed by atoms with van der Waals surface area (Å²) in [7, 11) is 0. The summed E-state index contributed by atoms with van der Waals surface area (Å²) in [6.45, 7) is 1.84. The molecule has 1 aliphatic heterocycles. The first-order chi connectivity index (χ1) is 14.4. The van der Waals surface area contributed by atoms with Crippen molar-refractivity contribution in [2.24, 2.45) is 0 Å². The van der Waals surface area contributed by atoms with Crippen molar-refractivity contribution in [3.05, 3.63) is 80.0 Å². The van der Waals surface area contributed by atoms with Crippen LogP contribution in [0.4, 0.5) is 11.4 Å². The summed E-state index contributed by atoms with van der Waals surface area (Å²) >= 11 is 9.29. The summed E-state index contributed by atoms with van der Waals surface area (Å²) in [6.07, 6.45) is 0. The maximum atomic E-state index is 12.8. The van der Waals surface area contributed by atoms with Crippen LogP contribution in [0.2, 0.25) is 5.02 Å². The first-order valence-electron chi connectivity index (χ1n) is 9.26. The van der Waals surface area contributed by atoms with E-state index in [0.717, 1.165) is 10.0 Å². The van der Waals surface area contributed by atoms with Gasteiger partial charge in [-0.15, -0.1) is 0 Å². The second kappa shape index (κ2) is 8.49.